The van der Waals surface area contributed by atoms with Crippen molar-refractivity contribution in [1.82, 2.24) is 0 Å². The van der Waals surface area contributed by atoms with Gasteiger partial charge in [-0.25, -0.2) is 0 Å². The first-order chi connectivity index (χ1) is 30.7. The quantitative estimate of drug-likeness (QED) is 0.121. The topological polar surface area (TPSA) is 6.48 Å². The predicted molar refractivity (Wildman–Crippen MR) is 271 cm³/mol. The summed E-state index contributed by atoms with van der Waals surface area (Å²) in [5.74, 6) is 0. The van der Waals surface area contributed by atoms with E-state index in [1.165, 1.54) is 52.5 Å². The van der Waals surface area contributed by atoms with Gasteiger partial charge in [0, 0.05) is 55.0 Å². The molecule has 10 rings (SSSR count). The normalized spacial score (nSPS) is 11.0. The van der Waals surface area contributed by atoms with Crippen LogP contribution in [0.2, 0.25) is 0 Å². The van der Waals surface area contributed by atoms with E-state index in [1.807, 2.05) is 34.8 Å². The van der Waals surface area contributed by atoms with Gasteiger partial charge in [-0.15, -0.1) is 22.7 Å². The molecule has 0 aliphatic carbocycles. The van der Waals surface area contributed by atoms with Crippen molar-refractivity contribution in [2.45, 2.75) is 0 Å². The number of hydrogen-bond acceptors (Lipinski definition) is 4. The maximum absolute atomic E-state index is 4.03. The molecule has 0 N–H and O–H groups in total. The summed E-state index contributed by atoms with van der Waals surface area (Å²) in [5.41, 5.74) is 16.1. The highest BCUT2D eigenvalue weighted by molar-refractivity contribution is 7.33. The summed E-state index contributed by atoms with van der Waals surface area (Å²) in [4.78, 5) is 7.14. The second-order valence-corrected chi connectivity index (χ2v) is 17.1. The predicted octanol–water partition coefficient (Wildman–Crippen LogP) is 17.9. The Morgan fingerprint density at radius 1 is 0.290 bits per heavy atom. The fraction of sp³-hybridized carbons (Fsp3) is 0. The number of benzene rings is 8. The van der Waals surface area contributed by atoms with Crippen molar-refractivity contribution in [2.75, 3.05) is 9.80 Å². The summed E-state index contributed by atoms with van der Waals surface area (Å²) in [6.45, 7) is 8.06. The fourth-order valence-electron chi connectivity index (χ4n) is 8.16. The van der Waals surface area contributed by atoms with E-state index in [2.05, 4.69) is 241 Å². The van der Waals surface area contributed by atoms with E-state index in [0.717, 1.165) is 45.3 Å². The summed E-state index contributed by atoms with van der Waals surface area (Å²) in [5, 5.41) is 0. The largest absolute Gasteiger partial charge is 0.311 e. The van der Waals surface area contributed by atoms with E-state index < -0.39 is 0 Å². The van der Waals surface area contributed by atoms with Gasteiger partial charge in [-0.3, -0.25) is 0 Å². The summed E-state index contributed by atoms with van der Waals surface area (Å²) in [6, 6.07) is 78.2. The number of fused-ring (bicyclic) bond motifs is 1. The monoisotopic (exact) mass is 830 g/mol. The van der Waals surface area contributed by atoms with Crippen LogP contribution in [0.3, 0.4) is 0 Å². The van der Waals surface area contributed by atoms with E-state index >= 15 is 0 Å². The van der Waals surface area contributed by atoms with Crippen LogP contribution in [0, 0.1) is 0 Å². The first-order valence-electron chi connectivity index (χ1n) is 20.7. The van der Waals surface area contributed by atoms with Crippen molar-refractivity contribution < 1.29 is 0 Å². The van der Waals surface area contributed by atoms with Gasteiger partial charge in [-0.05, 0) is 106 Å². The van der Waals surface area contributed by atoms with Crippen molar-refractivity contribution in [1.29, 1.82) is 0 Å². The van der Waals surface area contributed by atoms with Gasteiger partial charge >= 0.3 is 0 Å². The highest BCUT2D eigenvalue weighted by Crippen LogP contribution is 2.56. The first kappa shape index (κ1) is 38.7. The Morgan fingerprint density at radius 2 is 0.548 bits per heavy atom. The SMILES string of the molecule is C=Cc1ccc(-c2sc3c(-c4ccc(N(c5ccccc5)c5ccccc5)cc4)c(-c4ccc(C=C)cc4)sc3c2-c2ccc(N(c3ccccc3)c3ccccc3)cc2)cc1. The number of thiophene rings is 2. The third kappa shape index (κ3) is 7.47. The van der Waals surface area contributed by atoms with Crippen LogP contribution in [0.4, 0.5) is 34.1 Å². The minimum absolute atomic E-state index is 1.10. The summed E-state index contributed by atoms with van der Waals surface area (Å²) in [7, 11) is 0. The van der Waals surface area contributed by atoms with Crippen LogP contribution >= 0.6 is 22.7 Å². The molecular weight excluding hydrogens is 789 g/mol. The van der Waals surface area contributed by atoms with E-state index in [4.69, 9.17) is 0 Å². The number of nitrogens with zero attached hydrogens (tertiary/aromatic N) is 2. The van der Waals surface area contributed by atoms with Crippen LogP contribution in [0.1, 0.15) is 11.1 Å². The molecule has 2 heterocycles. The molecule has 0 saturated carbocycles. The summed E-state index contributed by atoms with van der Waals surface area (Å²) in [6.07, 6.45) is 3.81. The maximum Gasteiger partial charge on any atom is 0.0548 e. The molecule has 0 fully saturated rings. The van der Waals surface area contributed by atoms with Crippen molar-refractivity contribution in [2.24, 2.45) is 0 Å². The first-order valence-corrected chi connectivity index (χ1v) is 22.4. The zero-order valence-corrected chi connectivity index (χ0v) is 35.7. The smallest absolute Gasteiger partial charge is 0.0548 e. The van der Waals surface area contributed by atoms with E-state index in [1.54, 1.807) is 0 Å². The number of para-hydroxylation sites is 4. The van der Waals surface area contributed by atoms with E-state index in [-0.39, 0.29) is 0 Å². The molecule has 2 aromatic heterocycles. The molecule has 0 saturated heterocycles. The molecule has 62 heavy (non-hydrogen) atoms. The summed E-state index contributed by atoms with van der Waals surface area (Å²) >= 11 is 3.77. The molecule has 0 bridgehead atoms. The summed E-state index contributed by atoms with van der Waals surface area (Å²) < 4.78 is 2.57. The minimum atomic E-state index is 1.10. The van der Waals surface area contributed by atoms with Gasteiger partial charge < -0.3 is 9.80 Å². The van der Waals surface area contributed by atoms with Crippen LogP contribution in [0.15, 0.2) is 232 Å². The highest BCUT2D eigenvalue weighted by Gasteiger charge is 2.25. The van der Waals surface area contributed by atoms with Gasteiger partial charge in [0.2, 0.25) is 0 Å². The van der Waals surface area contributed by atoms with Crippen LogP contribution in [-0.4, -0.2) is 0 Å². The van der Waals surface area contributed by atoms with Crippen molar-refractivity contribution in [3.63, 3.8) is 0 Å². The van der Waals surface area contributed by atoms with Gasteiger partial charge in [0.15, 0.2) is 0 Å². The van der Waals surface area contributed by atoms with Gasteiger partial charge in [-0.1, -0.05) is 171 Å². The third-order valence-corrected chi connectivity index (χ3v) is 13.9. The maximum atomic E-state index is 4.03. The van der Waals surface area contributed by atoms with Crippen LogP contribution < -0.4 is 9.80 Å². The second kappa shape index (κ2) is 17.2. The van der Waals surface area contributed by atoms with Gasteiger partial charge in [-0.2, -0.15) is 0 Å². The van der Waals surface area contributed by atoms with Gasteiger partial charge in [0.25, 0.3) is 0 Å². The standard InChI is InChI=1S/C58H42N2S2/c1-3-41-25-29-45(30-26-41)55-53(43-33-37-51(38-34-43)59(47-17-9-5-10-18-47)48-19-11-6-12-20-48)57-58(61-55)54(56(62-57)46-31-27-42(4-2)28-32-46)44-35-39-52(40-36-44)60(49-21-13-7-14-22-49)50-23-15-8-16-24-50/h3-40H,1-2H2. The lowest BCUT2D eigenvalue weighted by Gasteiger charge is -2.25. The molecule has 0 aliphatic rings. The van der Waals surface area contributed by atoms with Gasteiger partial charge in [0.1, 0.15) is 0 Å². The molecule has 2 nitrogen and oxygen atoms in total. The molecule has 0 amide bonds. The van der Waals surface area contributed by atoms with Crippen molar-refractivity contribution in [3.8, 4) is 43.1 Å². The molecular formula is C58H42N2S2. The molecule has 0 spiro atoms. The lowest BCUT2D eigenvalue weighted by molar-refractivity contribution is 1.28. The zero-order chi connectivity index (χ0) is 41.8. The Balaban J connectivity index is 1.16. The zero-order valence-electron chi connectivity index (χ0n) is 34.1. The molecule has 0 aliphatic heterocycles. The van der Waals surface area contributed by atoms with Gasteiger partial charge in [0.05, 0.1) is 9.40 Å². The molecule has 4 heteroatoms. The van der Waals surface area contributed by atoms with Crippen LogP contribution in [0.5, 0.6) is 0 Å². The Kier molecular flexibility index (Phi) is 10.8. The molecule has 0 radical (unpaired) electrons. The molecule has 0 atom stereocenters. The Bertz CT molecular complexity index is 2800. The Labute approximate surface area is 371 Å². The second-order valence-electron chi connectivity index (χ2n) is 15.0. The fourth-order valence-corrected chi connectivity index (χ4v) is 11.1. The molecule has 10 aromatic rings. The van der Waals surface area contributed by atoms with E-state index in [9.17, 15) is 0 Å². The number of hydrogen-bond donors (Lipinski definition) is 0. The van der Waals surface area contributed by atoms with E-state index in [0.29, 0.717) is 0 Å². The highest BCUT2D eigenvalue weighted by atomic mass is 32.1. The van der Waals surface area contributed by atoms with Crippen molar-refractivity contribution in [3.05, 3.63) is 243 Å². The minimum Gasteiger partial charge on any atom is -0.311 e. The molecule has 296 valence electrons. The van der Waals surface area contributed by atoms with Crippen LogP contribution in [-0.2, 0) is 0 Å². The number of anilines is 6. The average molecular weight is 831 g/mol. The third-order valence-electron chi connectivity index (χ3n) is 11.2. The lowest BCUT2D eigenvalue weighted by Crippen LogP contribution is -2.09. The average Bonchev–Trinajstić information content (AvgIpc) is 3.90. The molecule has 8 aromatic carbocycles. The molecule has 0 unspecified atom stereocenters. The number of rotatable bonds is 12. The van der Waals surface area contributed by atoms with Crippen molar-refractivity contribution >= 4 is 78.3 Å². The Morgan fingerprint density at radius 3 is 0.823 bits per heavy atom. The van der Waals surface area contributed by atoms with Crippen LogP contribution in [0.25, 0.3) is 64.7 Å². The Hall–Kier alpha value is -7.50. The lowest BCUT2D eigenvalue weighted by atomic mass is 9.98.